The molecule has 0 aromatic heterocycles. The molecule has 1 aromatic carbocycles. The Bertz CT molecular complexity index is 374. The molecule has 82 valence electrons. The smallest absolute Gasteiger partial charge is 0.280 e. The molecule has 0 saturated carbocycles. The maximum atomic E-state index is 12.3. The standard InChI is InChI=1S/C9H9F3N2O/c1-14(13)8(15)6-3-2-4-7(5-6)9(10,11)12/h2-5H,13H2,1H3. The van der Waals surface area contributed by atoms with Gasteiger partial charge in [-0.15, -0.1) is 0 Å². The van der Waals surface area contributed by atoms with Gasteiger partial charge in [-0.2, -0.15) is 13.2 Å². The summed E-state index contributed by atoms with van der Waals surface area (Å²) < 4.78 is 36.8. The lowest BCUT2D eigenvalue weighted by molar-refractivity contribution is -0.137. The molecule has 6 heteroatoms. The molecule has 1 rings (SSSR count). The zero-order chi connectivity index (χ0) is 11.6. The van der Waals surface area contributed by atoms with E-state index in [0.29, 0.717) is 0 Å². The van der Waals surface area contributed by atoms with Crippen molar-refractivity contribution in [3.8, 4) is 0 Å². The first-order valence-electron chi connectivity index (χ1n) is 4.02. The molecule has 3 nitrogen and oxygen atoms in total. The summed E-state index contributed by atoms with van der Waals surface area (Å²) in [6, 6.07) is 4.11. The van der Waals surface area contributed by atoms with E-state index in [4.69, 9.17) is 5.84 Å². The summed E-state index contributed by atoms with van der Waals surface area (Å²) in [7, 11) is 1.27. The predicted molar refractivity (Wildman–Crippen MR) is 47.7 cm³/mol. The van der Waals surface area contributed by atoms with Crippen LogP contribution in [0.4, 0.5) is 13.2 Å². The van der Waals surface area contributed by atoms with Crippen molar-refractivity contribution >= 4 is 5.91 Å². The van der Waals surface area contributed by atoms with Crippen LogP contribution in [-0.4, -0.2) is 18.0 Å². The van der Waals surface area contributed by atoms with Crippen LogP contribution in [0.1, 0.15) is 15.9 Å². The van der Waals surface area contributed by atoms with E-state index in [9.17, 15) is 18.0 Å². The number of nitrogens with two attached hydrogens (primary N) is 1. The Kier molecular flexibility index (Phi) is 2.99. The fourth-order valence-corrected chi connectivity index (χ4v) is 1.03. The first-order valence-corrected chi connectivity index (χ1v) is 4.02. The van der Waals surface area contributed by atoms with Gasteiger partial charge < -0.3 is 0 Å². The molecule has 0 fully saturated rings. The number of halogens is 3. The Morgan fingerprint density at radius 3 is 2.47 bits per heavy atom. The lowest BCUT2D eigenvalue weighted by Gasteiger charge is -2.11. The first kappa shape index (κ1) is 11.5. The molecule has 0 saturated heterocycles. The molecule has 0 bridgehead atoms. The third kappa shape index (κ3) is 2.69. The quantitative estimate of drug-likeness (QED) is 0.442. The topological polar surface area (TPSA) is 46.3 Å². The van der Waals surface area contributed by atoms with E-state index in [0.717, 1.165) is 17.1 Å². The number of amides is 1. The average Bonchev–Trinajstić information content (AvgIpc) is 2.15. The number of rotatable bonds is 1. The van der Waals surface area contributed by atoms with Gasteiger partial charge in [-0.25, -0.2) is 5.84 Å². The molecule has 0 aliphatic rings. The van der Waals surface area contributed by atoms with Crippen LogP contribution in [0.3, 0.4) is 0 Å². The molecular weight excluding hydrogens is 209 g/mol. The second-order valence-electron chi connectivity index (χ2n) is 2.99. The van der Waals surface area contributed by atoms with E-state index in [2.05, 4.69) is 0 Å². The SMILES string of the molecule is CN(N)C(=O)c1cccc(C(F)(F)F)c1. The number of carbonyl (C=O) groups is 1. The normalized spacial score (nSPS) is 11.3. The van der Waals surface area contributed by atoms with Gasteiger partial charge in [0.2, 0.25) is 0 Å². The van der Waals surface area contributed by atoms with Gasteiger partial charge in [-0.3, -0.25) is 9.80 Å². The van der Waals surface area contributed by atoms with Crippen molar-refractivity contribution in [3.05, 3.63) is 35.4 Å². The second-order valence-corrected chi connectivity index (χ2v) is 2.99. The van der Waals surface area contributed by atoms with Crippen LogP contribution in [-0.2, 0) is 6.18 Å². The molecule has 2 N–H and O–H groups in total. The van der Waals surface area contributed by atoms with Crippen molar-refractivity contribution in [2.24, 2.45) is 5.84 Å². The van der Waals surface area contributed by atoms with E-state index in [1.54, 1.807) is 0 Å². The van der Waals surface area contributed by atoms with Crippen molar-refractivity contribution in [1.29, 1.82) is 0 Å². The van der Waals surface area contributed by atoms with E-state index >= 15 is 0 Å². The van der Waals surface area contributed by atoms with Gasteiger partial charge in [-0.05, 0) is 18.2 Å². The number of hydrogen-bond acceptors (Lipinski definition) is 2. The summed E-state index contributed by atoms with van der Waals surface area (Å²) >= 11 is 0. The van der Waals surface area contributed by atoms with Crippen molar-refractivity contribution in [1.82, 2.24) is 5.01 Å². The summed E-state index contributed by atoms with van der Waals surface area (Å²) in [5, 5.41) is 0.732. The molecular formula is C9H9F3N2O. The van der Waals surface area contributed by atoms with Crippen LogP contribution in [0.5, 0.6) is 0 Å². The summed E-state index contributed by atoms with van der Waals surface area (Å²) in [6.07, 6.45) is -4.45. The highest BCUT2D eigenvalue weighted by Crippen LogP contribution is 2.29. The Labute approximate surface area is 84.3 Å². The van der Waals surface area contributed by atoms with Crippen LogP contribution >= 0.6 is 0 Å². The zero-order valence-electron chi connectivity index (χ0n) is 7.88. The summed E-state index contributed by atoms with van der Waals surface area (Å²) in [5.74, 6) is 4.46. The Balaban J connectivity index is 3.09. The van der Waals surface area contributed by atoms with Crippen molar-refractivity contribution < 1.29 is 18.0 Å². The third-order valence-corrected chi connectivity index (χ3v) is 1.76. The van der Waals surface area contributed by atoms with Crippen LogP contribution in [0.15, 0.2) is 24.3 Å². The monoisotopic (exact) mass is 218 g/mol. The molecule has 0 spiro atoms. The van der Waals surface area contributed by atoms with Crippen LogP contribution in [0, 0.1) is 0 Å². The zero-order valence-corrected chi connectivity index (χ0v) is 7.88. The largest absolute Gasteiger partial charge is 0.416 e. The number of nitrogens with zero attached hydrogens (tertiary/aromatic N) is 1. The highest BCUT2D eigenvalue weighted by Gasteiger charge is 2.30. The second kappa shape index (κ2) is 3.90. The highest BCUT2D eigenvalue weighted by molar-refractivity contribution is 5.93. The minimum Gasteiger partial charge on any atom is -0.280 e. The molecule has 1 aromatic rings. The van der Waals surface area contributed by atoms with E-state index in [1.165, 1.54) is 19.2 Å². The van der Waals surface area contributed by atoms with Gasteiger partial charge in [0.25, 0.3) is 5.91 Å². The number of hydrazine groups is 1. The number of hydrogen-bond donors (Lipinski definition) is 1. The fraction of sp³-hybridized carbons (Fsp3) is 0.222. The van der Waals surface area contributed by atoms with Crippen molar-refractivity contribution in [3.63, 3.8) is 0 Å². The summed E-state index contributed by atoms with van der Waals surface area (Å²) in [4.78, 5) is 11.3. The van der Waals surface area contributed by atoms with Gasteiger partial charge in [0, 0.05) is 12.6 Å². The third-order valence-electron chi connectivity index (χ3n) is 1.76. The lowest BCUT2D eigenvalue weighted by Crippen LogP contribution is -2.33. The minimum absolute atomic E-state index is 0.0881. The Morgan fingerprint density at radius 1 is 1.40 bits per heavy atom. The van der Waals surface area contributed by atoms with E-state index in [-0.39, 0.29) is 5.56 Å². The van der Waals surface area contributed by atoms with Gasteiger partial charge in [-0.1, -0.05) is 6.07 Å². The summed E-state index contributed by atoms with van der Waals surface area (Å²) in [5.41, 5.74) is -0.954. The lowest BCUT2D eigenvalue weighted by atomic mass is 10.1. The van der Waals surface area contributed by atoms with Gasteiger partial charge in [0.15, 0.2) is 0 Å². The maximum absolute atomic E-state index is 12.3. The molecule has 0 heterocycles. The van der Waals surface area contributed by atoms with E-state index < -0.39 is 17.6 Å². The molecule has 15 heavy (non-hydrogen) atoms. The Morgan fingerprint density at radius 2 is 2.00 bits per heavy atom. The molecule has 0 radical (unpaired) electrons. The fourth-order valence-electron chi connectivity index (χ4n) is 1.03. The Hall–Kier alpha value is -1.56. The van der Waals surface area contributed by atoms with Crippen LogP contribution in [0.2, 0.25) is 0 Å². The van der Waals surface area contributed by atoms with Gasteiger partial charge in [0.05, 0.1) is 5.56 Å². The molecule has 0 aliphatic heterocycles. The first-order chi connectivity index (χ1) is 6.82. The van der Waals surface area contributed by atoms with Crippen molar-refractivity contribution in [2.45, 2.75) is 6.18 Å². The number of alkyl halides is 3. The highest BCUT2D eigenvalue weighted by atomic mass is 19.4. The van der Waals surface area contributed by atoms with Gasteiger partial charge in [0.1, 0.15) is 0 Å². The minimum atomic E-state index is -4.45. The predicted octanol–water partition coefficient (Wildman–Crippen LogP) is 1.65. The number of benzene rings is 1. The van der Waals surface area contributed by atoms with Gasteiger partial charge >= 0.3 is 6.18 Å². The maximum Gasteiger partial charge on any atom is 0.416 e. The summed E-state index contributed by atoms with van der Waals surface area (Å²) in [6.45, 7) is 0. The molecule has 0 aliphatic carbocycles. The van der Waals surface area contributed by atoms with Crippen LogP contribution < -0.4 is 5.84 Å². The number of carbonyl (C=O) groups excluding carboxylic acids is 1. The average molecular weight is 218 g/mol. The van der Waals surface area contributed by atoms with Crippen molar-refractivity contribution in [2.75, 3.05) is 7.05 Å². The molecule has 0 atom stereocenters. The van der Waals surface area contributed by atoms with Crippen LogP contribution in [0.25, 0.3) is 0 Å². The molecule has 1 amide bonds. The molecule has 0 unspecified atom stereocenters. The van der Waals surface area contributed by atoms with E-state index in [1.807, 2.05) is 0 Å².